The first-order valence-corrected chi connectivity index (χ1v) is 8.81. The summed E-state index contributed by atoms with van der Waals surface area (Å²) < 4.78 is 5.39. The minimum Gasteiger partial charge on any atom is -0.494 e. The predicted molar refractivity (Wildman–Crippen MR) is 97.8 cm³/mol. The lowest BCUT2D eigenvalue weighted by molar-refractivity contribution is -0.115. The fraction of sp³-hybridized carbons (Fsp3) is 0.389. The number of aryl methyl sites for hydroxylation is 2. The van der Waals surface area contributed by atoms with Gasteiger partial charge in [-0.1, -0.05) is 11.8 Å². The second-order valence-corrected chi connectivity index (χ2v) is 6.82. The predicted octanol–water partition coefficient (Wildman–Crippen LogP) is 3.92. The van der Waals surface area contributed by atoms with E-state index >= 15 is 0 Å². The molecule has 0 saturated carbocycles. The van der Waals surface area contributed by atoms with Crippen LogP contribution in [0, 0.1) is 20.8 Å². The van der Waals surface area contributed by atoms with E-state index in [0.29, 0.717) is 11.8 Å². The third-order valence-corrected chi connectivity index (χ3v) is 4.66. The van der Waals surface area contributed by atoms with E-state index in [1.165, 1.54) is 11.8 Å². The number of hydrogen-bond donors (Lipinski definition) is 1. The van der Waals surface area contributed by atoms with E-state index in [2.05, 4.69) is 15.3 Å². The Morgan fingerprint density at radius 3 is 2.29 bits per heavy atom. The third kappa shape index (κ3) is 4.71. The van der Waals surface area contributed by atoms with Gasteiger partial charge in [0.25, 0.3) is 0 Å². The van der Waals surface area contributed by atoms with E-state index in [-0.39, 0.29) is 11.2 Å². The van der Waals surface area contributed by atoms with E-state index < -0.39 is 0 Å². The van der Waals surface area contributed by atoms with Gasteiger partial charge in [0.1, 0.15) is 5.75 Å². The molecule has 2 aromatic rings. The summed E-state index contributed by atoms with van der Waals surface area (Å²) in [5.74, 6) is 0.709. The Bertz CT molecular complexity index is 694. The molecule has 0 unspecified atom stereocenters. The van der Waals surface area contributed by atoms with Gasteiger partial charge in [-0.05, 0) is 64.4 Å². The molecule has 0 saturated heterocycles. The number of carbonyl (C=O) groups is 1. The molecule has 6 heteroatoms. The zero-order valence-electron chi connectivity index (χ0n) is 14.7. The molecule has 24 heavy (non-hydrogen) atoms. The lowest BCUT2D eigenvalue weighted by Gasteiger charge is -2.13. The van der Waals surface area contributed by atoms with Crippen molar-refractivity contribution in [3.63, 3.8) is 0 Å². The molecule has 1 heterocycles. The lowest BCUT2D eigenvalue weighted by atomic mass is 10.2. The maximum Gasteiger partial charge on any atom is 0.237 e. The normalized spacial score (nSPS) is 11.9. The number of hydrogen-bond acceptors (Lipinski definition) is 5. The molecular weight excluding hydrogens is 322 g/mol. The zero-order valence-corrected chi connectivity index (χ0v) is 15.5. The molecule has 0 radical (unpaired) electrons. The van der Waals surface area contributed by atoms with Gasteiger partial charge in [0.15, 0.2) is 5.16 Å². The summed E-state index contributed by atoms with van der Waals surface area (Å²) in [6.45, 7) is 10.3. The van der Waals surface area contributed by atoms with Crippen molar-refractivity contribution >= 4 is 23.4 Å². The average Bonchev–Trinajstić information content (AvgIpc) is 2.54. The van der Waals surface area contributed by atoms with E-state index in [4.69, 9.17) is 4.74 Å². The largest absolute Gasteiger partial charge is 0.494 e. The second kappa shape index (κ2) is 8.15. The highest BCUT2D eigenvalue weighted by Crippen LogP contribution is 2.23. The fourth-order valence-electron chi connectivity index (χ4n) is 2.05. The molecule has 0 bridgehead atoms. The number of carbonyl (C=O) groups excluding carboxylic acids is 1. The molecule has 0 aliphatic carbocycles. The number of nitrogens with zero attached hydrogens (tertiary/aromatic N) is 2. The summed E-state index contributed by atoms with van der Waals surface area (Å²) >= 11 is 1.36. The van der Waals surface area contributed by atoms with Crippen LogP contribution in [0.4, 0.5) is 5.69 Å². The van der Waals surface area contributed by atoms with Crippen LogP contribution in [-0.4, -0.2) is 27.7 Å². The van der Waals surface area contributed by atoms with Crippen LogP contribution in [0.2, 0.25) is 0 Å². The topological polar surface area (TPSA) is 64.1 Å². The van der Waals surface area contributed by atoms with Gasteiger partial charge in [0.2, 0.25) is 5.91 Å². The van der Waals surface area contributed by atoms with Crippen molar-refractivity contribution in [3.05, 3.63) is 41.2 Å². The second-order valence-electron chi connectivity index (χ2n) is 5.51. The van der Waals surface area contributed by atoms with E-state index in [1.807, 2.05) is 58.9 Å². The number of rotatable bonds is 6. The van der Waals surface area contributed by atoms with Crippen molar-refractivity contribution in [2.75, 3.05) is 11.9 Å². The van der Waals surface area contributed by atoms with Crippen LogP contribution >= 0.6 is 11.8 Å². The van der Waals surface area contributed by atoms with Crippen LogP contribution in [0.15, 0.2) is 29.4 Å². The molecule has 1 aromatic heterocycles. The SMILES string of the molecule is CCOc1ccc(NC(=O)[C@@H](C)Sc2nc(C)c(C)c(C)n2)cc1. The van der Waals surface area contributed by atoms with Crippen molar-refractivity contribution in [3.8, 4) is 5.75 Å². The Morgan fingerprint density at radius 2 is 1.75 bits per heavy atom. The maximum absolute atomic E-state index is 12.3. The third-order valence-electron chi connectivity index (χ3n) is 3.70. The maximum atomic E-state index is 12.3. The monoisotopic (exact) mass is 345 g/mol. The smallest absolute Gasteiger partial charge is 0.237 e. The standard InChI is InChI=1S/C18H23N3O2S/c1-6-23-16-9-7-15(8-10-16)21-17(22)14(5)24-18-19-12(3)11(2)13(4)20-18/h7-10,14H,6H2,1-5H3,(H,21,22)/t14-/m1/s1. The van der Waals surface area contributed by atoms with Gasteiger partial charge >= 0.3 is 0 Å². The number of benzene rings is 1. The van der Waals surface area contributed by atoms with Gasteiger partial charge in [-0.15, -0.1) is 0 Å². The first-order valence-electron chi connectivity index (χ1n) is 7.93. The summed E-state index contributed by atoms with van der Waals surface area (Å²) in [6.07, 6.45) is 0. The Kier molecular flexibility index (Phi) is 6.20. The molecular formula is C18H23N3O2S. The molecule has 1 N–H and O–H groups in total. The molecule has 0 aliphatic heterocycles. The summed E-state index contributed by atoms with van der Waals surface area (Å²) in [4.78, 5) is 21.2. The molecule has 1 atom stereocenters. The van der Waals surface area contributed by atoms with Crippen LogP contribution in [0.1, 0.15) is 30.8 Å². The number of anilines is 1. The number of aromatic nitrogens is 2. The highest BCUT2D eigenvalue weighted by atomic mass is 32.2. The van der Waals surface area contributed by atoms with Gasteiger partial charge in [-0.25, -0.2) is 9.97 Å². The van der Waals surface area contributed by atoms with Gasteiger partial charge in [-0.3, -0.25) is 4.79 Å². The van der Waals surface area contributed by atoms with Crippen LogP contribution < -0.4 is 10.1 Å². The van der Waals surface area contributed by atoms with Crippen LogP contribution in [-0.2, 0) is 4.79 Å². The fourth-order valence-corrected chi connectivity index (χ4v) is 2.91. The Morgan fingerprint density at radius 1 is 1.17 bits per heavy atom. The highest BCUT2D eigenvalue weighted by Gasteiger charge is 2.17. The van der Waals surface area contributed by atoms with Gasteiger partial charge in [0.05, 0.1) is 11.9 Å². The molecule has 5 nitrogen and oxygen atoms in total. The number of ether oxygens (including phenoxy) is 1. The summed E-state index contributed by atoms with van der Waals surface area (Å²) in [5, 5.41) is 3.24. The van der Waals surface area contributed by atoms with Crippen LogP contribution in [0.25, 0.3) is 0 Å². The van der Waals surface area contributed by atoms with Crippen molar-refractivity contribution < 1.29 is 9.53 Å². The Hall–Kier alpha value is -2.08. The summed E-state index contributed by atoms with van der Waals surface area (Å²) in [5.41, 5.74) is 3.73. The Labute approximate surface area is 147 Å². The average molecular weight is 345 g/mol. The van der Waals surface area contributed by atoms with Crippen LogP contribution in [0.3, 0.4) is 0 Å². The van der Waals surface area contributed by atoms with Crippen LogP contribution in [0.5, 0.6) is 5.75 Å². The molecule has 0 aliphatic rings. The summed E-state index contributed by atoms with van der Waals surface area (Å²) in [7, 11) is 0. The number of amides is 1. The number of nitrogens with one attached hydrogen (secondary N) is 1. The molecule has 0 spiro atoms. The molecule has 2 rings (SSSR count). The van der Waals surface area contributed by atoms with E-state index in [1.54, 1.807) is 0 Å². The first kappa shape index (κ1) is 18.3. The minimum atomic E-state index is -0.293. The van der Waals surface area contributed by atoms with E-state index in [9.17, 15) is 4.79 Å². The molecule has 128 valence electrons. The lowest BCUT2D eigenvalue weighted by Crippen LogP contribution is -2.22. The van der Waals surface area contributed by atoms with Crippen molar-refractivity contribution in [1.29, 1.82) is 0 Å². The minimum absolute atomic E-state index is 0.0800. The first-order chi connectivity index (χ1) is 11.4. The van der Waals surface area contributed by atoms with Gasteiger partial charge < -0.3 is 10.1 Å². The van der Waals surface area contributed by atoms with E-state index in [0.717, 1.165) is 28.4 Å². The quantitative estimate of drug-likeness (QED) is 0.635. The number of thioether (sulfide) groups is 1. The van der Waals surface area contributed by atoms with Crippen molar-refractivity contribution in [1.82, 2.24) is 9.97 Å². The van der Waals surface area contributed by atoms with Gasteiger partial charge in [-0.2, -0.15) is 0 Å². The Balaban J connectivity index is 1.99. The molecule has 1 aromatic carbocycles. The molecule has 1 amide bonds. The summed E-state index contributed by atoms with van der Waals surface area (Å²) in [6, 6.07) is 7.34. The highest BCUT2D eigenvalue weighted by molar-refractivity contribution is 8.00. The van der Waals surface area contributed by atoms with Crippen molar-refractivity contribution in [2.24, 2.45) is 0 Å². The molecule has 0 fully saturated rings. The zero-order chi connectivity index (χ0) is 17.7. The van der Waals surface area contributed by atoms with Gasteiger partial charge in [0, 0.05) is 17.1 Å². The van der Waals surface area contributed by atoms with Crippen molar-refractivity contribution in [2.45, 2.75) is 45.0 Å².